The highest BCUT2D eigenvalue weighted by Gasteiger charge is 2.00. The monoisotopic (exact) mass is 219 g/mol. The number of halogens is 1. The van der Waals surface area contributed by atoms with Crippen molar-refractivity contribution in [2.75, 3.05) is 13.2 Å². The molecule has 0 heterocycles. The lowest BCUT2D eigenvalue weighted by Crippen LogP contribution is -1.93. The molecule has 0 radical (unpaired) electrons. The molecule has 0 saturated carbocycles. The number of ether oxygens (including phenoxy) is 1. The molecular formula is C11H10FN3O. The summed E-state index contributed by atoms with van der Waals surface area (Å²) in [6.07, 6.45) is 0. The zero-order valence-electron chi connectivity index (χ0n) is 8.77. The maximum atomic E-state index is 13.4. The van der Waals surface area contributed by atoms with Crippen molar-refractivity contribution in [3.05, 3.63) is 40.0 Å². The second kappa shape index (κ2) is 6.33. The number of rotatable bonds is 3. The maximum Gasteiger partial charge on any atom is 0.142 e. The van der Waals surface area contributed by atoms with Crippen molar-refractivity contribution in [3.8, 4) is 17.6 Å². The van der Waals surface area contributed by atoms with E-state index in [0.717, 1.165) is 0 Å². The predicted molar refractivity (Wildman–Crippen MR) is 58.5 cm³/mol. The first-order valence-corrected chi connectivity index (χ1v) is 4.70. The van der Waals surface area contributed by atoms with Gasteiger partial charge in [-0.05, 0) is 24.6 Å². The number of azide groups is 1. The predicted octanol–water partition coefficient (Wildman–Crippen LogP) is 2.89. The van der Waals surface area contributed by atoms with Crippen molar-refractivity contribution in [1.29, 1.82) is 0 Å². The summed E-state index contributed by atoms with van der Waals surface area (Å²) in [5, 5.41) is 3.22. The zero-order chi connectivity index (χ0) is 11.8. The van der Waals surface area contributed by atoms with E-state index in [2.05, 4.69) is 21.9 Å². The quantitative estimate of drug-likeness (QED) is 0.333. The van der Waals surface area contributed by atoms with Crippen LogP contribution in [0, 0.1) is 17.7 Å². The van der Waals surface area contributed by atoms with Gasteiger partial charge >= 0.3 is 0 Å². The fraction of sp³-hybridized carbons (Fsp3) is 0.273. The van der Waals surface area contributed by atoms with Gasteiger partial charge < -0.3 is 4.74 Å². The number of hydrogen-bond donors (Lipinski definition) is 0. The molecule has 82 valence electrons. The largest absolute Gasteiger partial charge is 0.494 e. The van der Waals surface area contributed by atoms with E-state index in [4.69, 9.17) is 10.3 Å². The number of benzene rings is 1. The van der Waals surface area contributed by atoms with E-state index in [1.54, 1.807) is 6.07 Å². The van der Waals surface area contributed by atoms with Crippen LogP contribution in [0.4, 0.5) is 4.39 Å². The third-order valence-corrected chi connectivity index (χ3v) is 1.69. The molecule has 1 aromatic rings. The Balaban J connectivity index is 2.80. The minimum Gasteiger partial charge on any atom is -0.494 e. The lowest BCUT2D eigenvalue weighted by atomic mass is 10.2. The highest BCUT2D eigenvalue weighted by atomic mass is 19.1. The van der Waals surface area contributed by atoms with E-state index in [0.29, 0.717) is 12.4 Å². The van der Waals surface area contributed by atoms with Gasteiger partial charge in [0.15, 0.2) is 0 Å². The van der Waals surface area contributed by atoms with Gasteiger partial charge in [0.05, 0.1) is 18.7 Å². The van der Waals surface area contributed by atoms with Gasteiger partial charge in [0, 0.05) is 11.0 Å². The molecule has 0 atom stereocenters. The van der Waals surface area contributed by atoms with Gasteiger partial charge in [-0.15, -0.1) is 0 Å². The molecule has 0 amide bonds. The van der Waals surface area contributed by atoms with Crippen molar-refractivity contribution in [1.82, 2.24) is 0 Å². The first kappa shape index (κ1) is 11.9. The number of nitrogens with zero attached hydrogens (tertiary/aromatic N) is 3. The van der Waals surface area contributed by atoms with Crippen LogP contribution in [0.2, 0.25) is 0 Å². The van der Waals surface area contributed by atoms with Crippen LogP contribution in [0.3, 0.4) is 0 Å². The molecule has 1 rings (SSSR count). The molecule has 0 spiro atoms. The molecule has 0 N–H and O–H groups in total. The van der Waals surface area contributed by atoms with Crippen molar-refractivity contribution < 1.29 is 9.13 Å². The second-order valence-electron chi connectivity index (χ2n) is 2.77. The van der Waals surface area contributed by atoms with Gasteiger partial charge in [0.1, 0.15) is 11.6 Å². The summed E-state index contributed by atoms with van der Waals surface area (Å²) in [5.74, 6) is 5.14. The summed E-state index contributed by atoms with van der Waals surface area (Å²) >= 11 is 0. The topological polar surface area (TPSA) is 58.0 Å². The van der Waals surface area contributed by atoms with Crippen molar-refractivity contribution >= 4 is 0 Å². The summed E-state index contributed by atoms with van der Waals surface area (Å²) in [4.78, 5) is 2.54. The van der Waals surface area contributed by atoms with E-state index in [1.807, 2.05) is 6.92 Å². The Morgan fingerprint density at radius 1 is 1.56 bits per heavy atom. The van der Waals surface area contributed by atoms with Crippen LogP contribution in [-0.2, 0) is 0 Å². The van der Waals surface area contributed by atoms with Crippen LogP contribution >= 0.6 is 0 Å². The van der Waals surface area contributed by atoms with E-state index in [-0.39, 0.29) is 12.1 Å². The fourth-order valence-electron chi connectivity index (χ4n) is 1.06. The molecule has 0 fully saturated rings. The average molecular weight is 219 g/mol. The van der Waals surface area contributed by atoms with E-state index >= 15 is 0 Å². The minimum absolute atomic E-state index is 0.0309. The van der Waals surface area contributed by atoms with Crippen LogP contribution in [0.15, 0.2) is 23.3 Å². The maximum absolute atomic E-state index is 13.4. The SMILES string of the molecule is CCOc1ccc(C#CCN=[N+]=[N-])c(F)c1. The standard InChI is InChI=1S/C11H10FN3O/c1-2-16-10-6-5-9(11(12)8-10)4-3-7-14-15-13/h5-6,8H,2,7H2,1H3. The fourth-order valence-corrected chi connectivity index (χ4v) is 1.06. The minimum atomic E-state index is -0.445. The Morgan fingerprint density at radius 3 is 3.00 bits per heavy atom. The van der Waals surface area contributed by atoms with Gasteiger partial charge in [-0.3, -0.25) is 0 Å². The summed E-state index contributed by atoms with van der Waals surface area (Å²) in [6.45, 7) is 2.34. The van der Waals surface area contributed by atoms with Crippen molar-refractivity contribution in [2.24, 2.45) is 5.11 Å². The normalized spacial score (nSPS) is 8.62. The van der Waals surface area contributed by atoms with Crippen LogP contribution in [0.5, 0.6) is 5.75 Å². The summed E-state index contributed by atoms with van der Waals surface area (Å²) in [6, 6.07) is 4.45. The Hall–Kier alpha value is -2.18. The molecule has 16 heavy (non-hydrogen) atoms. The molecule has 0 bridgehead atoms. The lowest BCUT2D eigenvalue weighted by molar-refractivity contribution is 0.338. The molecule has 1 aromatic carbocycles. The van der Waals surface area contributed by atoms with E-state index in [9.17, 15) is 4.39 Å². The highest BCUT2D eigenvalue weighted by molar-refractivity contribution is 5.39. The van der Waals surface area contributed by atoms with Gasteiger partial charge in [-0.25, -0.2) is 4.39 Å². The zero-order valence-corrected chi connectivity index (χ0v) is 8.77. The molecule has 0 aromatic heterocycles. The molecule has 0 aliphatic rings. The Labute approximate surface area is 92.7 Å². The van der Waals surface area contributed by atoms with Gasteiger partial charge in [0.2, 0.25) is 0 Å². The van der Waals surface area contributed by atoms with Crippen LogP contribution in [-0.4, -0.2) is 13.2 Å². The average Bonchev–Trinajstić information content (AvgIpc) is 2.27. The second-order valence-corrected chi connectivity index (χ2v) is 2.77. The molecule has 0 aliphatic carbocycles. The summed E-state index contributed by atoms with van der Waals surface area (Å²) in [7, 11) is 0. The summed E-state index contributed by atoms with van der Waals surface area (Å²) in [5.41, 5.74) is 8.27. The van der Waals surface area contributed by atoms with Crippen LogP contribution < -0.4 is 4.74 Å². The third kappa shape index (κ3) is 3.52. The van der Waals surface area contributed by atoms with E-state index < -0.39 is 5.82 Å². The first-order chi connectivity index (χ1) is 7.77. The molecule has 5 heteroatoms. The lowest BCUT2D eigenvalue weighted by Gasteiger charge is -2.02. The van der Waals surface area contributed by atoms with Crippen molar-refractivity contribution in [2.45, 2.75) is 6.92 Å². The number of hydrogen-bond acceptors (Lipinski definition) is 2. The van der Waals surface area contributed by atoms with Crippen LogP contribution in [0.25, 0.3) is 10.4 Å². The molecular weight excluding hydrogens is 209 g/mol. The van der Waals surface area contributed by atoms with Crippen LogP contribution in [0.1, 0.15) is 12.5 Å². The van der Waals surface area contributed by atoms with Gasteiger partial charge in [-0.1, -0.05) is 17.0 Å². The first-order valence-electron chi connectivity index (χ1n) is 4.70. The Morgan fingerprint density at radius 2 is 2.38 bits per heavy atom. The molecule has 0 aliphatic heterocycles. The van der Waals surface area contributed by atoms with Crippen molar-refractivity contribution in [3.63, 3.8) is 0 Å². The Bertz CT molecular complexity index is 470. The Kier molecular flexibility index (Phi) is 4.71. The van der Waals surface area contributed by atoms with Gasteiger partial charge in [0.25, 0.3) is 0 Å². The molecule has 0 unspecified atom stereocenters. The summed E-state index contributed by atoms with van der Waals surface area (Å²) < 4.78 is 18.5. The third-order valence-electron chi connectivity index (χ3n) is 1.69. The highest BCUT2D eigenvalue weighted by Crippen LogP contribution is 2.15. The molecule has 4 nitrogen and oxygen atoms in total. The molecule has 0 saturated heterocycles. The van der Waals surface area contributed by atoms with E-state index in [1.165, 1.54) is 12.1 Å². The smallest absolute Gasteiger partial charge is 0.142 e. The van der Waals surface area contributed by atoms with Gasteiger partial charge in [-0.2, -0.15) is 0 Å².